The second-order valence-electron chi connectivity index (χ2n) is 6.92. The van der Waals surface area contributed by atoms with E-state index in [1.165, 1.54) is 10.2 Å². The number of benzene rings is 2. The highest BCUT2D eigenvalue weighted by atomic mass is 35.5. The molecule has 7 heteroatoms. The Labute approximate surface area is 175 Å². The molecule has 0 saturated carbocycles. The third-order valence-corrected chi connectivity index (χ3v) is 6.89. The van der Waals surface area contributed by atoms with Crippen LogP contribution in [0.5, 0.6) is 0 Å². The minimum atomic E-state index is -3.75. The molecule has 4 rings (SSSR count). The zero-order chi connectivity index (χ0) is 20.6. The zero-order valence-electron chi connectivity index (χ0n) is 16.1. The van der Waals surface area contributed by atoms with E-state index in [1.807, 2.05) is 61.3 Å². The van der Waals surface area contributed by atoms with Gasteiger partial charge in [0.05, 0.1) is 16.2 Å². The van der Waals surface area contributed by atoms with Crippen LogP contribution in [-0.2, 0) is 16.6 Å². The van der Waals surface area contributed by atoms with Crippen molar-refractivity contribution >= 4 is 38.2 Å². The van der Waals surface area contributed by atoms with Crippen LogP contribution in [0.3, 0.4) is 0 Å². The molecule has 0 spiro atoms. The molecule has 0 N–H and O–H groups in total. The molecule has 0 radical (unpaired) electrons. The average molecular weight is 426 g/mol. The first-order valence-corrected chi connectivity index (χ1v) is 10.9. The van der Waals surface area contributed by atoms with Crippen molar-refractivity contribution in [3.63, 3.8) is 0 Å². The molecule has 5 nitrogen and oxygen atoms in total. The number of aromatic nitrogens is 2. The van der Waals surface area contributed by atoms with Crippen LogP contribution in [0, 0.1) is 6.92 Å². The van der Waals surface area contributed by atoms with Gasteiger partial charge in [0.2, 0.25) is 0 Å². The Morgan fingerprint density at radius 2 is 1.86 bits per heavy atom. The largest absolute Gasteiger partial charge is 0.369 e. The predicted molar refractivity (Wildman–Crippen MR) is 117 cm³/mol. The van der Waals surface area contributed by atoms with Crippen LogP contribution in [0.2, 0.25) is 5.02 Å². The van der Waals surface area contributed by atoms with Gasteiger partial charge in [0.1, 0.15) is 4.90 Å². The summed E-state index contributed by atoms with van der Waals surface area (Å²) >= 11 is 6.42. The van der Waals surface area contributed by atoms with E-state index in [2.05, 4.69) is 4.98 Å². The van der Waals surface area contributed by atoms with Crippen LogP contribution in [-0.4, -0.2) is 24.4 Å². The first kappa shape index (κ1) is 19.5. The maximum atomic E-state index is 13.2. The van der Waals surface area contributed by atoms with Gasteiger partial charge in [-0.25, -0.2) is 12.4 Å². The molecular formula is C22H20ClN3O2S. The van der Waals surface area contributed by atoms with Gasteiger partial charge in [-0.2, -0.15) is 0 Å². The summed E-state index contributed by atoms with van der Waals surface area (Å²) in [6.07, 6.45) is 4.61. The summed E-state index contributed by atoms with van der Waals surface area (Å²) in [6.45, 7) is 2.52. The summed E-state index contributed by atoms with van der Waals surface area (Å²) in [6, 6.07) is 16.5. The molecule has 2 aromatic heterocycles. The van der Waals surface area contributed by atoms with Crippen LogP contribution in [0.1, 0.15) is 11.1 Å². The quantitative estimate of drug-likeness (QED) is 0.457. The van der Waals surface area contributed by atoms with E-state index in [0.29, 0.717) is 17.1 Å². The Bertz CT molecular complexity index is 1260. The van der Waals surface area contributed by atoms with Crippen molar-refractivity contribution in [3.05, 3.63) is 89.3 Å². The highest BCUT2D eigenvalue weighted by Gasteiger charge is 2.22. The smallest absolute Gasteiger partial charge is 0.269 e. The molecule has 2 aromatic carbocycles. The number of pyridine rings is 1. The normalized spacial score (nSPS) is 11.7. The molecule has 29 heavy (non-hydrogen) atoms. The Balaban J connectivity index is 1.82. The lowest BCUT2D eigenvalue weighted by Crippen LogP contribution is -2.18. The number of halogens is 1. The van der Waals surface area contributed by atoms with E-state index >= 15 is 0 Å². The second kappa shape index (κ2) is 7.54. The van der Waals surface area contributed by atoms with E-state index in [4.69, 9.17) is 11.6 Å². The Kier molecular flexibility index (Phi) is 5.06. The van der Waals surface area contributed by atoms with Crippen molar-refractivity contribution in [1.82, 2.24) is 8.96 Å². The number of hydrogen-bond acceptors (Lipinski definition) is 4. The van der Waals surface area contributed by atoms with Crippen molar-refractivity contribution in [3.8, 4) is 0 Å². The fourth-order valence-electron chi connectivity index (χ4n) is 3.60. The molecule has 0 aliphatic carbocycles. The number of nitrogens with zero attached hydrogens (tertiary/aromatic N) is 3. The van der Waals surface area contributed by atoms with Crippen molar-refractivity contribution in [1.29, 1.82) is 0 Å². The van der Waals surface area contributed by atoms with E-state index in [-0.39, 0.29) is 4.90 Å². The summed E-state index contributed by atoms with van der Waals surface area (Å²) in [4.78, 5) is 6.15. The van der Waals surface area contributed by atoms with Crippen molar-refractivity contribution in [2.75, 3.05) is 11.9 Å². The molecule has 0 saturated heterocycles. The molecule has 0 fully saturated rings. The zero-order valence-corrected chi connectivity index (χ0v) is 17.7. The summed E-state index contributed by atoms with van der Waals surface area (Å²) in [5, 5.41) is 1.55. The molecule has 148 valence electrons. The summed E-state index contributed by atoms with van der Waals surface area (Å²) in [7, 11) is -1.80. The maximum absolute atomic E-state index is 13.2. The van der Waals surface area contributed by atoms with Gasteiger partial charge in [0.25, 0.3) is 10.0 Å². The van der Waals surface area contributed by atoms with Gasteiger partial charge in [-0.05, 0) is 42.3 Å². The number of hydrogen-bond donors (Lipinski definition) is 0. The SMILES string of the molecule is Cc1cccc(Cl)c1N(C)Cc1cn(S(=O)(=O)c2cccnc2)c2ccccc12. The van der Waals surface area contributed by atoms with E-state index < -0.39 is 10.0 Å². The predicted octanol–water partition coefficient (Wildman–Crippen LogP) is 4.87. The molecule has 0 amide bonds. The van der Waals surface area contributed by atoms with Crippen LogP contribution in [0.25, 0.3) is 10.9 Å². The van der Waals surface area contributed by atoms with Crippen molar-refractivity contribution in [2.45, 2.75) is 18.4 Å². The molecular weight excluding hydrogens is 406 g/mol. The maximum Gasteiger partial charge on any atom is 0.269 e. The summed E-state index contributed by atoms with van der Waals surface area (Å²) in [5.41, 5.74) is 3.53. The molecule has 0 atom stereocenters. The minimum Gasteiger partial charge on any atom is -0.369 e. The van der Waals surface area contributed by atoms with E-state index in [0.717, 1.165) is 22.2 Å². The lowest BCUT2D eigenvalue weighted by molar-refractivity contribution is 0.588. The van der Waals surface area contributed by atoms with Gasteiger partial charge in [-0.15, -0.1) is 0 Å². The Hall–Kier alpha value is -2.83. The van der Waals surface area contributed by atoms with Crippen molar-refractivity contribution in [2.24, 2.45) is 0 Å². The Morgan fingerprint density at radius 3 is 2.59 bits per heavy atom. The van der Waals surface area contributed by atoms with Gasteiger partial charge < -0.3 is 4.90 Å². The molecule has 0 aliphatic rings. The number of rotatable bonds is 5. The number of anilines is 1. The van der Waals surface area contributed by atoms with E-state index in [1.54, 1.807) is 24.5 Å². The summed E-state index contributed by atoms with van der Waals surface area (Å²) in [5.74, 6) is 0. The average Bonchev–Trinajstić information content (AvgIpc) is 3.08. The molecule has 4 aromatic rings. The third-order valence-electron chi connectivity index (χ3n) is 4.93. The lowest BCUT2D eigenvalue weighted by atomic mass is 10.1. The molecule has 0 bridgehead atoms. The van der Waals surface area contributed by atoms with Gasteiger partial charge in [-0.1, -0.05) is 41.9 Å². The van der Waals surface area contributed by atoms with Gasteiger partial charge >= 0.3 is 0 Å². The topological polar surface area (TPSA) is 55.2 Å². The fraction of sp³-hybridized carbons (Fsp3) is 0.136. The monoisotopic (exact) mass is 425 g/mol. The number of para-hydroxylation sites is 2. The van der Waals surface area contributed by atoms with Gasteiger partial charge in [-0.3, -0.25) is 4.98 Å². The second-order valence-corrected chi connectivity index (χ2v) is 9.14. The molecule has 0 aliphatic heterocycles. The van der Waals surface area contributed by atoms with Crippen LogP contribution < -0.4 is 4.90 Å². The third kappa shape index (κ3) is 3.50. The van der Waals surface area contributed by atoms with Gasteiger partial charge in [0.15, 0.2) is 0 Å². The van der Waals surface area contributed by atoms with Gasteiger partial charge in [0, 0.05) is 37.6 Å². The number of aryl methyl sites for hydroxylation is 1. The first-order valence-electron chi connectivity index (χ1n) is 9.10. The Morgan fingerprint density at radius 1 is 1.07 bits per heavy atom. The van der Waals surface area contributed by atoms with Crippen LogP contribution in [0.15, 0.2) is 78.1 Å². The molecule has 0 unspecified atom stereocenters. The lowest BCUT2D eigenvalue weighted by Gasteiger charge is -2.22. The standard InChI is InChI=1S/C22H20ClN3O2S/c1-16-7-5-10-20(23)22(16)25(2)14-17-15-26(21-11-4-3-9-19(17)21)29(27,28)18-8-6-12-24-13-18/h3-13,15H,14H2,1-2H3. The van der Waals surface area contributed by atoms with Crippen molar-refractivity contribution < 1.29 is 8.42 Å². The number of fused-ring (bicyclic) bond motifs is 1. The minimum absolute atomic E-state index is 0.155. The van der Waals surface area contributed by atoms with E-state index in [9.17, 15) is 8.42 Å². The first-order chi connectivity index (χ1) is 13.9. The molecule has 2 heterocycles. The highest BCUT2D eigenvalue weighted by molar-refractivity contribution is 7.90. The summed E-state index contributed by atoms with van der Waals surface area (Å²) < 4.78 is 27.8. The highest BCUT2D eigenvalue weighted by Crippen LogP contribution is 2.32. The van der Waals surface area contributed by atoms with Crippen LogP contribution in [0.4, 0.5) is 5.69 Å². The van der Waals surface area contributed by atoms with Crippen LogP contribution >= 0.6 is 11.6 Å². The fourth-order valence-corrected chi connectivity index (χ4v) is 5.32.